The number of fused-ring (bicyclic) bond motifs is 1. The van der Waals surface area contributed by atoms with Crippen LogP contribution < -0.4 is 16.6 Å². The molecule has 3 heteroatoms. The molecular formula is C33H31N3. The quantitative estimate of drug-likeness (QED) is 0.146. The van der Waals surface area contributed by atoms with Crippen LogP contribution in [-0.4, -0.2) is 0 Å². The second-order valence-corrected chi connectivity index (χ2v) is 8.96. The lowest BCUT2D eigenvalue weighted by atomic mass is 9.95. The first-order chi connectivity index (χ1) is 17.7. The summed E-state index contributed by atoms with van der Waals surface area (Å²) in [6.07, 6.45) is 12.6. The van der Waals surface area contributed by atoms with Gasteiger partial charge in [-0.05, 0) is 64.9 Å². The van der Waals surface area contributed by atoms with Crippen molar-refractivity contribution in [1.29, 1.82) is 0 Å². The fourth-order valence-corrected chi connectivity index (χ4v) is 4.73. The summed E-state index contributed by atoms with van der Waals surface area (Å²) in [6, 6.07) is 32.1. The summed E-state index contributed by atoms with van der Waals surface area (Å²) in [5.74, 6) is 5.76. The van der Waals surface area contributed by atoms with Gasteiger partial charge in [0.1, 0.15) is 0 Å². The Morgan fingerprint density at radius 3 is 2.36 bits per heavy atom. The lowest BCUT2D eigenvalue weighted by Gasteiger charge is -2.18. The summed E-state index contributed by atoms with van der Waals surface area (Å²) in [5.41, 5.74) is 12.0. The standard InChI is InChI=1S/C33H31N3/c1-24(25-19-21-27(22-20-25)29-16-8-12-26-11-2-3-13-28(26)29)10-9-23-35-32-17-6-4-14-30(32)31-15-5-7-18-33(31)36-34/h2-4,6,8-23,35-36H,5,7,34H2,1H3/b23-9-,24-10+. The van der Waals surface area contributed by atoms with Crippen molar-refractivity contribution in [3.63, 3.8) is 0 Å². The Bertz CT molecular complexity index is 1480. The highest BCUT2D eigenvalue weighted by Crippen LogP contribution is 2.32. The number of hydrogen-bond donors (Lipinski definition) is 3. The molecular weight excluding hydrogens is 438 g/mol. The molecule has 0 unspecified atom stereocenters. The Morgan fingerprint density at radius 2 is 1.50 bits per heavy atom. The number of hydrogen-bond acceptors (Lipinski definition) is 3. The molecule has 0 amide bonds. The summed E-state index contributed by atoms with van der Waals surface area (Å²) in [5, 5.41) is 5.99. The molecule has 4 N–H and O–H groups in total. The number of nitrogens with one attached hydrogen (secondary N) is 2. The summed E-state index contributed by atoms with van der Waals surface area (Å²) >= 11 is 0. The number of nitrogens with two attached hydrogens (primary N) is 1. The minimum Gasteiger partial charge on any atom is -0.361 e. The number of benzene rings is 4. The van der Waals surface area contributed by atoms with E-state index >= 15 is 0 Å². The second-order valence-electron chi connectivity index (χ2n) is 8.96. The molecule has 0 bridgehead atoms. The van der Waals surface area contributed by atoms with E-state index in [4.69, 9.17) is 5.84 Å². The van der Waals surface area contributed by atoms with Crippen molar-refractivity contribution in [3.8, 4) is 11.1 Å². The molecule has 0 aromatic heterocycles. The van der Waals surface area contributed by atoms with Crippen molar-refractivity contribution in [2.75, 3.05) is 5.32 Å². The molecule has 0 spiro atoms. The molecule has 0 fully saturated rings. The van der Waals surface area contributed by atoms with Gasteiger partial charge in [0.2, 0.25) is 0 Å². The molecule has 3 nitrogen and oxygen atoms in total. The number of rotatable bonds is 7. The monoisotopic (exact) mass is 469 g/mol. The molecule has 0 atom stereocenters. The zero-order valence-electron chi connectivity index (χ0n) is 20.5. The Balaban J connectivity index is 1.30. The van der Waals surface area contributed by atoms with Gasteiger partial charge in [0.15, 0.2) is 0 Å². The fraction of sp³-hybridized carbons (Fsp3) is 0.0909. The highest BCUT2D eigenvalue weighted by Gasteiger charge is 2.13. The first-order valence-electron chi connectivity index (χ1n) is 12.4. The van der Waals surface area contributed by atoms with Gasteiger partial charge < -0.3 is 10.7 Å². The molecule has 0 aliphatic heterocycles. The lowest BCUT2D eigenvalue weighted by Crippen LogP contribution is -2.23. The van der Waals surface area contributed by atoms with Crippen LogP contribution in [0, 0.1) is 0 Å². The number of hydrazine groups is 1. The molecule has 4 aromatic rings. The van der Waals surface area contributed by atoms with Gasteiger partial charge in [0.05, 0.1) is 5.70 Å². The van der Waals surface area contributed by atoms with Crippen LogP contribution in [0.5, 0.6) is 0 Å². The Morgan fingerprint density at radius 1 is 0.778 bits per heavy atom. The van der Waals surface area contributed by atoms with Gasteiger partial charge >= 0.3 is 0 Å². The molecule has 1 aliphatic rings. The average molecular weight is 470 g/mol. The molecule has 5 rings (SSSR count). The Hall–Kier alpha value is -4.34. The van der Waals surface area contributed by atoms with Crippen LogP contribution in [0.2, 0.25) is 0 Å². The van der Waals surface area contributed by atoms with Gasteiger partial charge in [-0.3, -0.25) is 5.84 Å². The van der Waals surface area contributed by atoms with Crippen LogP contribution in [0.3, 0.4) is 0 Å². The Kier molecular flexibility index (Phi) is 7.11. The Labute approximate surface area is 213 Å². The molecule has 0 heterocycles. The average Bonchev–Trinajstić information content (AvgIpc) is 2.95. The summed E-state index contributed by atoms with van der Waals surface area (Å²) in [4.78, 5) is 0. The van der Waals surface area contributed by atoms with Gasteiger partial charge in [0.25, 0.3) is 0 Å². The van der Waals surface area contributed by atoms with Gasteiger partial charge in [-0.1, -0.05) is 103 Å². The molecule has 0 radical (unpaired) electrons. The molecule has 178 valence electrons. The molecule has 4 aromatic carbocycles. The first-order valence-corrected chi connectivity index (χ1v) is 12.4. The van der Waals surface area contributed by atoms with E-state index in [1.165, 1.54) is 33.0 Å². The summed E-state index contributed by atoms with van der Waals surface area (Å²) in [7, 11) is 0. The first kappa shape index (κ1) is 23.4. The van der Waals surface area contributed by atoms with Crippen LogP contribution >= 0.6 is 0 Å². The van der Waals surface area contributed by atoms with Gasteiger partial charge in [0, 0.05) is 23.0 Å². The van der Waals surface area contributed by atoms with Crippen molar-refractivity contribution in [1.82, 2.24) is 5.43 Å². The van der Waals surface area contributed by atoms with Crippen LogP contribution in [0.15, 0.2) is 127 Å². The minimum absolute atomic E-state index is 0.974. The van der Waals surface area contributed by atoms with E-state index in [0.717, 1.165) is 35.4 Å². The van der Waals surface area contributed by atoms with E-state index in [-0.39, 0.29) is 0 Å². The number of para-hydroxylation sites is 1. The van der Waals surface area contributed by atoms with Gasteiger partial charge in [-0.25, -0.2) is 0 Å². The third-order valence-electron chi connectivity index (χ3n) is 6.65. The van der Waals surface area contributed by atoms with Gasteiger partial charge in [-0.15, -0.1) is 0 Å². The topological polar surface area (TPSA) is 50.1 Å². The van der Waals surface area contributed by atoms with Crippen molar-refractivity contribution in [2.45, 2.75) is 19.8 Å². The van der Waals surface area contributed by atoms with E-state index < -0.39 is 0 Å². The van der Waals surface area contributed by atoms with Crippen molar-refractivity contribution < 1.29 is 0 Å². The maximum Gasteiger partial charge on any atom is 0.0521 e. The highest BCUT2D eigenvalue weighted by molar-refractivity contribution is 5.96. The smallest absolute Gasteiger partial charge is 0.0521 e. The minimum atomic E-state index is 0.974. The normalized spacial score (nSPS) is 14.0. The van der Waals surface area contributed by atoms with Crippen LogP contribution in [0.25, 0.3) is 33.0 Å². The van der Waals surface area contributed by atoms with E-state index in [9.17, 15) is 0 Å². The maximum absolute atomic E-state index is 5.76. The van der Waals surface area contributed by atoms with E-state index in [0.29, 0.717) is 0 Å². The molecule has 0 saturated carbocycles. The molecule has 0 saturated heterocycles. The zero-order valence-corrected chi connectivity index (χ0v) is 20.5. The predicted octanol–water partition coefficient (Wildman–Crippen LogP) is 8.06. The fourth-order valence-electron chi connectivity index (χ4n) is 4.73. The molecule has 1 aliphatic carbocycles. The van der Waals surface area contributed by atoms with E-state index in [1.807, 2.05) is 12.3 Å². The van der Waals surface area contributed by atoms with Crippen LogP contribution in [0.4, 0.5) is 5.69 Å². The number of allylic oxidation sites excluding steroid dienone is 6. The predicted molar refractivity (Wildman–Crippen MR) is 155 cm³/mol. The van der Waals surface area contributed by atoms with Crippen LogP contribution in [-0.2, 0) is 0 Å². The third-order valence-corrected chi connectivity index (χ3v) is 6.65. The van der Waals surface area contributed by atoms with Crippen molar-refractivity contribution in [3.05, 3.63) is 138 Å². The van der Waals surface area contributed by atoms with Crippen molar-refractivity contribution in [2.24, 2.45) is 5.84 Å². The number of anilines is 1. The summed E-state index contributed by atoms with van der Waals surface area (Å²) in [6.45, 7) is 2.14. The van der Waals surface area contributed by atoms with Gasteiger partial charge in [-0.2, -0.15) is 0 Å². The molecule has 36 heavy (non-hydrogen) atoms. The highest BCUT2D eigenvalue weighted by atomic mass is 15.2. The maximum atomic E-state index is 5.76. The lowest BCUT2D eigenvalue weighted by molar-refractivity contribution is 0.884. The third kappa shape index (κ3) is 5.02. The van der Waals surface area contributed by atoms with Crippen molar-refractivity contribution >= 4 is 27.6 Å². The summed E-state index contributed by atoms with van der Waals surface area (Å²) < 4.78 is 0. The van der Waals surface area contributed by atoms with E-state index in [1.54, 1.807) is 0 Å². The van der Waals surface area contributed by atoms with Crippen LogP contribution in [0.1, 0.15) is 30.9 Å². The largest absolute Gasteiger partial charge is 0.361 e. The second kappa shape index (κ2) is 10.9. The van der Waals surface area contributed by atoms with E-state index in [2.05, 4.69) is 127 Å². The SMILES string of the molecule is C/C(=C\C=C/Nc1ccccc1C1=CCCC=C1NN)c1ccc(-c2cccc3ccccc23)cc1. The zero-order chi connectivity index (χ0) is 24.7.